The number of rotatable bonds is 5. The molecule has 1 atom stereocenters. The zero-order valence-corrected chi connectivity index (χ0v) is 9.71. The van der Waals surface area contributed by atoms with E-state index in [1.54, 1.807) is 0 Å². The highest BCUT2D eigenvalue weighted by molar-refractivity contribution is 5.75. The lowest BCUT2D eigenvalue weighted by Gasteiger charge is -2.21. The Morgan fingerprint density at radius 3 is 2.67 bits per heavy atom. The number of ether oxygens (including phenoxy) is 1. The normalized spacial score (nSPS) is 19.9. The Kier molecular flexibility index (Phi) is 5.69. The van der Waals surface area contributed by atoms with E-state index in [9.17, 15) is 4.79 Å². The highest BCUT2D eigenvalue weighted by atomic mass is 16.5. The van der Waals surface area contributed by atoms with Crippen molar-refractivity contribution in [2.75, 3.05) is 6.61 Å². The first-order valence-electron chi connectivity index (χ1n) is 6.16. The summed E-state index contributed by atoms with van der Waals surface area (Å²) in [6.45, 7) is 2.60. The van der Waals surface area contributed by atoms with Crippen LogP contribution in [0, 0.1) is 5.92 Å². The molecule has 3 nitrogen and oxygen atoms in total. The third-order valence-electron chi connectivity index (χ3n) is 3.09. The number of hydrogen-bond donors (Lipinski definition) is 1. The molecule has 1 aliphatic rings. The van der Waals surface area contributed by atoms with Crippen molar-refractivity contribution in [2.24, 2.45) is 11.7 Å². The van der Waals surface area contributed by atoms with E-state index >= 15 is 0 Å². The number of hydrogen-bond acceptors (Lipinski definition) is 3. The van der Waals surface area contributed by atoms with Crippen molar-refractivity contribution >= 4 is 5.97 Å². The van der Waals surface area contributed by atoms with E-state index in [4.69, 9.17) is 10.5 Å². The molecule has 1 aliphatic carbocycles. The van der Waals surface area contributed by atoms with Gasteiger partial charge in [0.2, 0.25) is 0 Å². The maximum atomic E-state index is 11.4. The van der Waals surface area contributed by atoms with Gasteiger partial charge in [0.1, 0.15) is 6.04 Å². The molecular formula is C12H23NO2. The number of carbonyl (C=O) groups excluding carboxylic acids is 1. The van der Waals surface area contributed by atoms with Crippen molar-refractivity contribution in [3.63, 3.8) is 0 Å². The molecule has 0 bridgehead atoms. The van der Waals surface area contributed by atoms with Gasteiger partial charge >= 0.3 is 5.97 Å². The molecule has 1 saturated carbocycles. The van der Waals surface area contributed by atoms with Crippen molar-refractivity contribution in [3.05, 3.63) is 0 Å². The average molecular weight is 213 g/mol. The molecule has 1 rings (SSSR count). The molecule has 0 aliphatic heterocycles. The minimum Gasteiger partial charge on any atom is -0.464 e. The SMILES string of the molecule is CCCC(N)C(=O)OCC1CCCCC1. The summed E-state index contributed by atoms with van der Waals surface area (Å²) < 4.78 is 5.23. The van der Waals surface area contributed by atoms with Crippen LogP contribution < -0.4 is 5.73 Å². The molecule has 0 spiro atoms. The third-order valence-corrected chi connectivity index (χ3v) is 3.09. The van der Waals surface area contributed by atoms with Crippen LogP contribution in [0.1, 0.15) is 51.9 Å². The first-order chi connectivity index (χ1) is 7.24. The molecule has 1 unspecified atom stereocenters. The lowest BCUT2D eigenvalue weighted by molar-refractivity contribution is -0.147. The fourth-order valence-electron chi connectivity index (χ4n) is 2.09. The van der Waals surface area contributed by atoms with Gasteiger partial charge in [-0.3, -0.25) is 4.79 Å². The van der Waals surface area contributed by atoms with Crippen LogP contribution in [0.2, 0.25) is 0 Å². The van der Waals surface area contributed by atoms with Gasteiger partial charge < -0.3 is 10.5 Å². The predicted octanol–water partition coefficient (Wildman–Crippen LogP) is 2.24. The average Bonchev–Trinajstić information content (AvgIpc) is 2.27. The van der Waals surface area contributed by atoms with Crippen LogP contribution in [0.5, 0.6) is 0 Å². The maximum absolute atomic E-state index is 11.4. The fourth-order valence-corrected chi connectivity index (χ4v) is 2.09. The van der Waals surface area contributed by atoms with Crippen LogP contribution in [0.3, 0.4) is 0 Å². The second-order valence-corrected chi connectivity index (χ2v) is 4.53. The van der Waals surface area contributed by atoms with Crippen molar-refractivity contribution in [3.8, 4) is 0 Å². The lowest BCUT2D eigenvalue weighted by Crippen LogP contribution is -2.33. The van der Waals surface area contributed by atoms with Gasteiger partial charge in [0, 0.05) is 0 Å². The van der Waals surface area contributed by atoms with E-state index in [2.05, 4.69) is 0 Å². The quantitative estimate of drug-likeness (QED) is 0.712. The minimum atomic E-state index is -0.418. The van der Waals surface area contributed by atoms with Gasteiger partial charge in [0.15, 0.2) is 0 Å². The van der Waals surface area contributed by atoms with Crippen molar-refractivity contribution in [1.82, 2.24) is 0 Å². The maximum Gasteiger partial charge on any atom is 0.322 e. The van der Waals surface area contributed by atoms with Crippen LogP contribution in [0.25, 0.3) is 0 Å². The molecule has 0 radical (unpaired) electrons. The molecule has 0 aromatic carbocycles. The van der Waals surface area contributed by atoms with Gasteiger partial charge in [-0.15, -0.1) is 0 Å². The van der Waals surface area contributed by atoms with Crippen LogP contribution in [-0.2, 0) is 9.53 Å². The molecule has 0 aromatic heterocycles. The molecule has 88 valence electrons. The highest BCUT2D eigenvalue weighted by Gasteiger charge is 2.18. The Morgan fingerprint density at radius 1 is 1.40 bits per heavy atom. The first kappa shape index (κ1) is 12.5. The van der Waals surface area contributed by atoms with Gasteiger partial charge in [-0.1, -0.05) is 32.6 Å². The van der Waals surface area contributed by atoms with Gasteiger partial charge in [0.25, 0.3) is 0 Å². The Balaban J connectivity index is 2.14. The summed E-state index contributed by atoms with van der Waals surface area (Å²) in [6, 6.07) is -0.418. The lowest BCUT2D eigenvalue weighted by atomic mass is 9.90. The van der Waals surface area contributed by atoms with Gasteiger partial charge in [-0.05, 0) is 25.2 Å². The Labute approximate surface area is 92.4 Å². The van der Waals surface area contributed by atoms with E-state index in [1.807, 2.05) is 6.92 Å². The summed E-state index contributed by atoms with van der Waals surface area (Å²) in [5.74, 6) is 0.360. The number of carbonyl (C=O) groups is 1. The zero-order valence-electron chi connectivity index (χ0n) is 9.71. The van der Waals surface area contributed by atoms with Crippen molar-refractivity contribution in [1.29, 1.82) is 0 Å². The molecule has 0 amide bonds. The number of nitrogens with two attached hydrogens (primary N) is 1. The Bertz CT molecular complexity index is 188. The third kappa shape index (κ3) is 4.65. The van der Waals surface area contributed by atoms with E-state index < -0.39 is 6.04 Å². The molecule has 3 heteroatoms. The van der Waals surface area contributed by atoms with E-state index in [1.165, 1.54) is 32.1 Å². The molecular weight excluding hydrogens is 190 g/mol. The molecule has 0 aromatic rings. The summed E-state index contributed by atoms with van der Waals surface area (Å²) in [4.78, 5) is 11.4. The van der Waals surface area contributed by atoms with Crippen LogP contribution in [0.15, 0.2) is 0 Å². The monoisotopic (exact) mass is 213 g/mol. The standard InChI is InChI=1S/C12H23NO2/c1-2-6-11(13)12(14)15-9-10-7-4-3-5-8-10/h10-11H,2-9,13H2,1H3. The molecule has 0 heterocycles. The van der Waals surface area contributed by atoms with Crippen molar-refractivity contribution < 1.29 is 9.53 Å². The summed E-state index contributed by atoms with van der Waals surface area (Å²) >= 11 is 0. The second kappa shape index (κ2) is 6.83. The fraction of sp³-hybridized carbons (Fsp3) is 0.917. The van der Waals surface area contributed by atoms with E-state index in [0.717, 1.165) is 12.8 Å². The summed E-state index contributed by atoms with van der Waals surface area (Å²) in [5.41, 5.74) is 5.67. The molecule has 2 N–H and O–H groups in total. The Hall–Kier alpha value is -0.570. The second-order valence-electron chi connectivity index (χ2n) is 4.53. The van der Waals surface area contributed by atoms with E-state index in [0.29, 0.717) is 12.5 Å². The van der Waals surface area contributed by atoms with Crippen molar-refractivity contribution in [2.45, 2.75) is 57.9 Å². The minimum absolute atomic E-state index is 0.220. The smallest absolute Gasteiger partial charge is 0.322 e. The summed E-state index contributed by atoms with van der Waals surface area (Å²) in [7, 11) is 0. The first-order valence-corrected chi connectivity index (χ1v) is 6.16. The largest absolute Gasteiger partial charge is 0.464 e. The molecule has 1 fully saturated rings. The van der Waals surface area contributed by atoms with E-state index in [-0.39, 0.29) is 5.97 Å². The van der Waals surface area contributed by atoms with Gasteiger partial charge in [-0.2, -0.15) is 0 Å². The zero-order chi connectivity index (χ0) is 11.1. The van der Waals surface area contributed by atoms with Crippen LogP contribution >= 0.6 is 0 Å². The number of esters is 1. The van der Waals surface area contributed by atoms with Gasteiger partial charge in [-0.25, -0.2) is 0 Å². The topological polar surface area (TPSA) is 52.3 Å². The summed E-state index contributed by atoms with van der Waals surface area (Å²) in [6.07, 6.45) is 7.96. The van der Waals surface area contributed by atoms with Gasteiger partial charge in [0.05, 0.1) is 6.61 Å². The van der Waals surface area contributed by atoms with Crippen LogP contribution in [0.4, 0.5) is 0 Å². The molecule has 0 saturated heterocycles. The molecule has 15 heavy (non-hydrogen) atoms. The Morgan fingerprint density at radius 2 is 2.07 bits per heavy atom. The summed E-state index contributed by atoms with van der Waals surface area (Å²) in [5, 5.41) is 0. The van der Waals surface area contributed by atoms with Crippen LogP contribution in [-0.4, -0.2) is 18.6 Å². The highest BCUT2D eigenvalue weighted by Crippen LogP contribution is 2.23. The predicted molar refractivity (Wildman–Crippen MR) is 60.4 cm³/mol.